The van der Waals surface area contributed by atoms with E-state index in [0.29, 0.717) is 11.3 Å². The lowest BCUT2D eigenvalue weighted by Gasteiger charge is -2.12. The van der Waals surface area contributed by atoms with E-state index in [-0.39, 0.29) is 24.4 Å². The third kappa shape index (κ3) is 5.81. The first-order valence-corrected chi connectivity index (χ1v) is 8.60. The quantitative estimate of drug-likeness (QED) is 0.679. The summed E-state index contributed by atoms with van der Waals surface area (Å²) in [6.07, 6.45) is 0.875. The molecule has 2 aromatic carbocycles. The van der Waals surface area contributed by atoms with E-state index in [1.54, 1.807) is 31.4 Å². The van der Waals surface area contributed by atoms with Gasteiger partial charge in [-0.1, -0.05) is 13.0 Å². The van der Waals surface area contributed by atoms with Crippen LogP contribution in [0.2, 0.25) is 0 Å². The van der Waals surface area contributed by atoms with Crippen molar-refractivity contribution in [1.29, 1.82) is 0 Å². The van der Waals surface area contributed by atoms with Crippen molar-refractivity contribution in [2.24, 2.45) is 0 Å². The van der Waals surface area contributed by atoms with Gasteiger partial charge < -0.3 is 20.7 Å². The number of benzene rings is 2. The molecule has 0 fully saturated rings. The maximum absolute atomic E-state index is 12.1. The predicted molar refractivity (Wildman–Crippen MR) is 104 cm³/mol. The number of hydrogen-bond acceptors (Lipinski definition) is 4. The second kappa shape index (κ2) is 9.46. The van der Waals surface area contributed by atoms with Gasteiger partial charge >= 0.3 is 0 Å². The summed E-state index contributed by atoms with van der Waals surface area (Å²) in [4.78, 5) is 24.1. The summed E-state index contributed by atoms with van der Waals surface area (Å²) in [6.45, 7) is 4.11. The molecule has 2 amide bonds. The minimum atomic E-state index is -0.176. The van der Waals surface area contributed by atoms with Crippen molar-refractivity contribution in [1.82, 2.24) is 5.32 Å². The van der Waals surface area contributed by atoms with E-state index in [1.807, 2.05) is 38.1 Å². The summed E-state index contributed by atoms with van der Waals surface area (Å²) in [5.74, 6) is 0.434. The standard InChI is InChI=1S/C20H25N3O3/c1-4-14(2)22-20(25)15-8-10-16(11-9-15)23-19(24)13-21-17-6-5-7-18(12-17)26-3/h5-12,14,21H,4,13H2,1-3H3,(H,22,25)(H,23,24). The smallest absolute Gasteiger partial charge is 0.251 e. The summed E-state index contributed by atoms with van der Waals surface area (Å²) >= 11 is 0. The van der Waals surface area contributed by atoms with E-state index in [4.69, 9.17) is 4.74 Å². The van der Waals surface area contributed by atoms with Gasteiger partial charge in [-0.2, -0.15) is 0 Å². The van der Waals surface area contributed by atoms with Crippen molar-refractivity contribution < 1.29 is 14.3 Å². The summed E-state index contributed by atoms with van der Waals surface area (Å²) in [6, 6.07) is 14.3. The van der Waals surface area contributed by atoms with Gasteiger partial charge in [-0.15, -0.1) is 0 Å². The molecule has 0 saturated carbocycles. The van der Waals surface area contributed by atoms with E-state index in [9.17, 15) is 9.59 Å². The Kier molecular flexibility index (Phi) is 7.02. The predicted octanol–water partition coefficient (Wildman–Crippen LogP) is 3.27. The molecule has 138 valence electrons. The normalized spacial score (nSPS) is 11.3. The summed E-state index contributed by atoms with van der Waals surface area (Å²) in [5.41, 5.74) is 2.01. The van der Waals surface area contributed by atoms with Gasteiger partial charge in [-0.05, 0) is 49.7 Å². The molecule has 0 spiro atoms. The Hall–Kier alpha value is -3.02. The maximum atomic E-state index is 12.1. The molecular weight excluding hydrogens is 330 g/mol. The third-order valence-corrected chi connectivity index (χ3v) is 3.94. The molecule has 26 heavy (non-hydrogen) atoms. The van der Waals surface area contributed by atoms with Crippen LogP contribution in [0.3, 0.4) is 0 Å². The Bertz CT molecular complexity index is 744. The molecule has 6 nitrogen and oxygen atoms in total. The highest BCUT2D eigenvalue weighted by Gasteiger charge is 2.09. The zero-order valence-electron chi connectivity index (χ0n) is 15.3. The number of amides is 2. The summed E-state index contributed by atoms with van der Waals surface area (Å²) in [5, 5.41) is 8.74. The molecule has 0 aliphatic heterocycles. The fourth-order valence-electron chi connectivity index (χ4n) is 2.23. The number of hydrogen-bond donors (Lipinski definition) is 3. The van der Waals surface area contributed by atoms with Gasteiger partial charge in [0, 0.05) is 29.0 Å². The highest BCUT2D eigenvalue weighted by molar-refractivity contribution is 5.96. The number of ether oxygens (including phenoxy) is 1. The number of carbonyl (C=O) groups excluding carboxylic acids is 2. The number of anilines is 2. The Morgan fingerprint density at radius 1 is 1.08 bits per heavy atom. The average Bonchev–Trinajstić information content (AvgIpc) is 2.67. The molecule has 0 heterocycles. The van der Waals surface area contributed by atoms with E-state index in [1.165, 1.54) is 0 Å². The topological polar surface area (TPSA) is 79.5 Å². The molecule has 6 heteroatoms. The molecule has 0 aliphatic rings. The summed E-state index contributed by atoms with van der Waals surface area (Å²) < 4.78 is 5.15. The largest absolute Gasteiger partial charge is 0.497 e. The Morgan fingerprint density at radius 3 is 2.46 bits per heavy atom. The van der Waals surface area contributed by atoms with Crippen LogP contribution in [-0.4, -0.2) is 31.5 Å². The van der Waals surface area contributed by atoms with Crippen LogP contribution in [0.4, 0.5) is 11.4 Å². The number of nitrogens with one attached hydrogen (secondary N) is 3. The van der Waals surface area contributed by atoms with Gasteiger partial charge in [-0.25, -0.2) is 0 Å². The molecule has 0 saturated heterocycles. The molecular formula is C20H25N3O3. The number of rotatable bonds is 8. The molecule has 0 bridgehead atoms. The molecule has 2 aromatic rings. The zero-order chi connectivity index (χ0) is 18.9. The molecule has 0 aliphatic carbocycles. The SMILES string of the molecule is CCC(C)NC(=O)c1ccc(NC(=O)CNc2cccc(OC)c2)cc1. The van der Waals surface area contributed by atoms with Crippen LogP contribution in [0.5, 0.6) is 5.75 Å². The molecule has 1 atom stereocenters. The average molecular weight is 355 g/mol. The van der Waals surface area contributed by atoms with Crippen LogP contribution >= 0.6 is 0 Å². The van der Waals surface area contributed by atoms with Gasteiger partial charge in [0.2, 0.25) is 5.91 Å². The lowest BCUT2D eigenvalue weighted by Crippen LogP contribution is -2.31. The monoisotopic (exact) mass is 355 g/mol. The molecule has 3 N–H and O–H groups in total. The van der Waals surface area contributed by atoms with Crippen LogP contribution < -0.4 is 20.7 Å². The van der Waals surface area contributed by atoms with E-state index in [2.05, 4.69) is 16.0 Å². The van der Waals surface area contributed by atoms with Crippen molar-refractivity contribution in [3.63, 3.8) is 0 Å². The second-order valence-corrected chi connectivity index (χ2v) is 5.99. The van der Waals surface area contributed by atoms with E-state index in [0.717, 1.165) is 17.9 Å². The van der Waals surface area contributed by atoms with Crippen LogP contribution in [-0.2, 0) is 4.79 Å². The highest BCUT2D eigenvalue weighted by atomic mass is 16.5. The number of methoxy groups -OCH3 is 1. The van der Waals surface area contributed by atoms with Crippen molar-refractivity contribution >= 4 is 23.2 Å². The molecule has 1 unspecified atom stereocenters. The van der Waals surface area contributed by atoms with Gasteiger partial charge in [0.25, 0.3) is 5.91 Å². The van der Waals surface area contributed by atoms with Crippen molar-refractivity contribution in [2.45, 2.75) is 26.3 Å². The van der Waals surface area contributed by atoms with E-state index >= 15 is 0 Å². The third-order valence-electron chi connectivity index (χ3n) is 3.94. The first-order valence-electron chi connectivity index (χ1n) is 8.60. The second-order valence-electron chi connectivity index (χ2n) is 5.99. The zero-order valence-corrected chi connectivity index (χ0v) is 15.3. The fourth-order valence-corrected chi connectivity index (χ4v) is 2.23. The minimum absolute atomic E-state index is 0.114. The lowest BCUT2D eigenvalue weighted by atomic mass is 10.1. The number of carbonyl (C=O) groups is 2. The Morgan fingerprint density at radius 2 is 1.81 bits per heavy atom. The minimum Gasteiger partial charge on any atom is -0.497 e. The fraction of sp³-hybridized carbons (Fsp3) is 0.300. The van der Waals surface area contributed by atoms with Crippen LogP contribution in [0.15, 0.2) is 48.5 Å². The first kappa shape index (κ1) is 19.3. The van der Waals surface area contributed by atoms with Gasteiger partial charge in [0.05, 0.1) is 13.7 Å². The van der Waals surface area contributed by atoms with Crippen LogP contribution in [0.1, 0.15) is 30.6 Å². The Balaban J connectivity index is 1.86. The van der Waals surface area contributed by atoms with Crippen molar-refractivity contribution in [3.8, 4) is 5.75 Å². The maximum Gasteiger partial charge on any atom is 0.251 e. The van der Waals surface area contributed by atoms with Crippen LogP contribution in [0.25, 0.3) is 0 Å². The lowest BCUT2D eigenvalue weighted by molar-refractivity contribution is -0.114. The van der Waals surface area contributed by atoms with Crippen molar-refractivity contribution in [2.75, 3.05) is 24.3 Å². The Labute approximate surface area is 153 Å². The van der Waals surface area contributed by atoms with Crippen molar-refractivity contribution in [3.05, 3.63) is 54.1 Å². The van der Waals surface area contributed by atoms with Gasteiger partial charge in [0.15, 0.2) is 0 Å². The van der Waals surface area contributed by atoms with Crippen LogP contribution in [0, 0.1) is 0 Å². The molecule has 0 aromatic heterocycles. The molecule has 2 rings (SSSR count). The van der Waals surface area contributed by atoms with Gasteiger partial charge in [-0.3, -0.25) is 9.59 Å². The first-order chi connectivity index (χ1) is 12.5. The molecule has 0 radical (unpaired) electrons. The summed E-state index contributed by atoms with van der Waals surface area (Å²) in [7, 11) is 1.60. The van der Waals surface area contributed by atoms with Gasteiger partial charge in [0.1, 0.15) is 5.75 Å². The highest BCUT2D eigenvalue weighted by Crippen LogP contribution is 2.16. The van der Waals surface area contributed by atoms with E-state index < -0.39 is 0 Å².